The first-order valence-electron chi connectivity index (χ1n) is 5.08. The van der Waals surface area contributed by atoms with Crippen molar-refractivity contribution in [3.8, 4) is 0 Å². The van der Waals surface area contributed by atoms with E-state index in [1.165, 1.54) is 0 Å². The predicted octanol–water partition coefficient (Wildman–Crippen LogP) is -0.253. The Balaban J connectivity index is 3.87. The Morgan fingerprint density at radius 1 is 1.40 bits per heavy atom. The molecule has 0 saturated heterocycles. The van der Waals surface area contributed by atoms with Crippen LogP contribution in [0.3, 0.4) is 0 Å². The number of hydrogen-bond acceptors (Lipinski definition) is 4. The van der Waals surface area contributed by atoms with Crippen molar-refractivity contribution < 1.29 is 14.3 Å². The van der Waals surface area contributed by atoms with Gasteiger partial charge in [-0.15, -0.1) is 0 Å². The van der Waals surface area contributed by atoms with Gasteiger partial charge >= 0.3 is 0 Å². The molecule has 0 heterocycles. The topological polar surface area (TPSA) is 73.6 Å². The van der Waals surface area contributed by atoms with Crippen molar-refractivity contribution in [2.75, 3.05) is 27.4 Å². The second kappa shape index (κ2) is 7.62. The Morgan fingerprint density at radius 3 is 2.40 bits per heavy atom. The van der Waals surface area contributed by atoms with Gasteiger partial charge in [-0.1, -0.05) is 13.8 Å². The molecule has 0 aromatic heterocycles. The summed E-state index contributed by atoms with van der Waals surface area (Å²) in [6.45, 7) is 4.69. The Bertz CT molecular complexity index is 186. The molecule has 0 aromatic rings. The highest BCUT2D eigenvalue weighted by Gasteiger charge is 2.18. The summed E-state index contributed by atoms with van der Waals surface area (Å²) in [4.78, 5) is 11.5. The fraction of sp³-hybridized carbons (Fsp3) is 0.900. The third kappa shape index (κ3) is 5.71. The zero-order valence-corrected chi connectivity index (χ0v) is 9.95. The van der Waals surface area contributed by atoms with Gasteiger partial charge in [0.05, 0.1) is 18.8 Å². The zero-order chi connectivity index (χ0) is 11.8. The van der Waals surface area contributed by atoms with Crippen LogP contribution in [0.25, 0.3) is 0 Å². The summed E-state index contributed by atoms with van der Waals surface area (Å²) in [5.41, 5.74) is 5.68. The van der Waals surface area contributed by atoms with Gasteiger partial charge in [0.15, 0.2) is 0 Å². The first kappa shape index (κ1) is 14.3. The maximum Gasteiger partial charge on any atom is 0.237 e. The summed E-state index contributed by atoms with van der Waals surface area (Å²) in [6, 6.07) is -0.468. The van der Waals surface area contributed by atoms with Crippen LogP contribution in [0.1, 0.15) is 13.8 Å². The molecule has 3 N–H and O–H groups in total. The van der Waals surface area contributed by atoms with Crippen molar-refractivity contribution >= 4 is 5.91 Å². The van der Waals surface area contributed by atoms with E-state index in [0.29, 0.717) is 13.2 Å². The molecule has 0 saturated carbocycles. The molecule has 0 aliphatic heterocycles. The highest BCUT2D eigenvalue weighted by molar-refractivity contribution is 5.81. The van der Waals surface area contributed by atoms with Crippen molar-refractivity contribution in [2.45, 2.75) is 26.0 Å². The largest absolute Gasteiger partial charge is 0.382 e. The van der Waals surface area contributed by atoms with Crippen LogP contribution >= 0.6 is 0 Å². The number of amides is 1. The standard InChI is InChI=1S/C10H22N2O3/c1-7(2)9(11)10(13)12-5-8(15-4)6-14-3/h7-9H,5-6,11H2,1-4H3,(H,12,13). The van der Waals surface area contributed by atoms with Crippen molar-refractivity contribution in [1.29, 1.82) is 0 Å². The number of ether oxygens (including phenoxy) is 2. The zero-order valence-electron chi connectivity index (χ0n) is 9.95. The molecule has 15 heavy (non-hydrogen) atoms. The lowest BCUT2D eigenvalue weighted by Gasteiger charge is -2.18. The van der Waals surface area contributed by atoms with Crippen molar-refractivity contribution in [1.82, 2.24) is 5.32 Å². The van der Waals surface area contributed by atoms with Gasteiger partial charge in [0, 0.05) is 20.8 Å². The van der Waals surface area contributed by atoms with E-state index in [0.717, 1.165) is 0 Å². The molecule has 0 aliphatic rings. The first-order chi connectivity index (χ1) is 7.02. The fourth-order valence-electron chi connectivity index (χ4n) is 1.03. The van der Waals surface area contributed by atoms with Gasteiger partial charge in [0.2, 0.25) is 5.91 Å². The molecule has 5 nitrogen and oxygen atoms in total. The summed E-state index contributed by atoms with van der Waals surface area (Å²) in [5.74, 6) is -0.0171. The highest BCUT2D eigenvalue weighted by atomic mass is 16.5. The van der Waals surface area contributed by atoms with Crippen molar-refractivity contribution in [2.24, 2.45) is 11.7 Å². The van der Waals surface area contributed by atoms with Crippen molar-refractivity contribution in [3.63, 3.8) is 0 Å². The normalized spacial score (nSPS) is 15.1. The van der Waals surface area contributed by atoms with E-state index >= 15 is 0 Å². The average Bonchev–Trinajstić information content (AvgIpc) is 2.22. The average molecular weight is 218 g/mol. The predicted molar refractivity (Wildman–Crippen MR) is 58.5 cm³/mol. The number of carbonyl (C=O) groups excluding carboxylic acids is 1. The third-order valence-electron chi connectivity index (χ3n) is 2.21. The highest BCUT2D eigenvalue weighted by Crippen LogP contribution is 1.98. The monoisotopic (exact) mass is 218 g/mol. The number of carbonyl (C=O) groups is 1. The lowest BCUT2D eigenvalue weighted by atomic mass is 10.1. The van der Waals surface area contributed by atoms with Gasteiger partial charge in [-0.25, -0.2) is 0 Å². The van der Waals surface area contributed by atoms with E-state index in [-0.39, 0.29) is 17.9 Å². The number of nitrogens with one attached hydrogen (secondary N) is 1. The van der Waals surface area contributed by atoms with Crippen molar-refractivity contribution in [3.05, 3.63) is 0 Å². The van der Waals surface area contributed by atoms with E-state index in [1.807, 2.05) is 13.8 Å². The van der Waals surface area contributed by atoms with Crippen LogP contribution in [0.5, 0.6) is 0 Å². The molecular weight excluding hydrogens is 196 g/mol. The summed E-state index contributed by atoms with van der Waals surface area (Å²) in [7, 11) is 3.17. The fourth-order valence-corrected chi connectivity index (χ4v) is 1.03. The van der Waals surface area contributed by atoms with Crippen LogP contribution in [0.4, 0.5) is 0 Å². The van der Waals surface area contributed by atoms with E-state index in [9.17, 15) is 4.79 Å². The summed E-state index contributed by atoms with van der Waals surface area (Å²) < 4.78 is 10.0. The van der Waals surface area contributed by atoms with Gasteiger partial charge < -0.3 is 20.5 Å². The minimum absolute atomic E-state index is 0.127. The molecule has 5 heteroatoms. The lowest BCUT2D eigenvalue weighted by molar-refractivity contribution is -0.124. The molecule has 0 fully saturated rings. The van der Waals surface area contributed by atoms with Gasteiger partial charge in [0.25, 0.3) is 0 Å². The minimum atomic E-state index is -0.468. The van der Waals surface area contributed by atoms with Crippen LogP contribution in [-0.4, -0.2) is 45.4 Å². The molecule has 1 amide bonds. The number of hydrogen-bond donors (Lipinski definition) is 2. The number of nitrogens with two attached hydrogens (primary N) is 1. The Morgan fingerprint density at radius 2 is 2.00 bits per heavy atom. The van der Waals surface area contributed by atoms with Gasteiger partial charge in [-0.2, -0.15) is 0 Å². The first-order valence-corrected chi connectivity index (χ1v) is 5.08. The summed E-state index contributed by atoms with van der Waals surface area (Å²) in [5, 5.41) is 2.73. The maximum atomic E-state index is 11.5. The van der Waals surface area contributed by atoms with E-state index in [2.05, 4.69) is 5.32 Å². The van der Waals surface area contributed by atoms with E-state index < -0.39 is 6.04 Å². The number of methoxy groups -OCH3 is 2. The van der Waals surface area contributed by atoms with Crippen LogP contribution < -0.4 is 11.1 Å². The number of rotatable bonds is 7. The quantitative estimate of drug-likeness (QED) is 0.618. The second-order valence-electron chi connectivity index (χ2n) is 3.83. The molecule has 0 radical (unpaired) electrons. The second-order valence-corrected chi connectivity index (χ2v) is 3.83. The third-order valence-corrected chi connectivity index (χ3v) is 2.21. The van der Waals surface area contributed by atoms with Crippen LogP contribution in [0.15, 0.2) is 0 Å². The SMILES string of the molecule is COCC(CNC(=O)C(N)C(C)C)OC. The molecule has 0 aromatic carbocycles. The smallest absolute Gasteiger partial charge is 0.237 e. The minimum Gasteiger partial charge on any atom is -0.382 e. The summed E-state index contributed by atoms with van der Waals surface area (Å²) in [6.07, 6.45) is -0.127. The molecule has 2 atom stereocenters. The van der Waals surface area contributed by atoms with E-state index in [1.54, 1.807) is 14.2 Å². The van der Waals surface area contributed by atoms with Crippen LogP contribution in [0, 0.1) is 5.92 Å². The molecule has 2 unspecified atom stereocenters. The molecular formula is C10H22N2O3. The van der Waals surface area contributed by atoms with Gasteiger partial charge in [-0.05, 0) is 5.92 Å². The molecule has 0 aliphatic carbocycles. The molecule has 90 valence electrons. The Hall–Kier alpha value is -0.650. The van der Waals surface area contributed by atoms with Crippen LogP contribution in [0.2, 0.25) is 0 Å². The van der Waals surface area contributed by atoms with Crippen LogP contribution in [-0.2, 0) is 14.3 Å². The van der Waals surface area contributed by atoms with Gasteiger partial charge in [0.1, 0.15) is 0 Å². The Kier molecular flexibility index (Phi) is 7.29. The molecule has 0 bridgehead atoms. The molecule has 0 rings (SSSR count). The Labute approximate surface area is 91.3 Å². The summed E-state index contributed by atoms with van der Waals surface area (Å²) >= 11 is 0. The van der Waals surface area contributed by atoms with Gasteiger partial charge in [-0.3, -0.25) is 4.79 Å². The van der Waals surface area contributed by atoms with E-state index in [4.69, 9.17) is 15.2 Å². The lowest BCUT2D eigenvalue weighted by Crippen LogP contribution is -2.46. The maximum absolute atomic E-state index is 11.5. The molecule has 0 spiro atoms.